The van der Waals surface area contributed by atoms with Gasteiger partial charge in [0, 0.05) is 0 Å². The standard InChI is InChI=1S/C11H17N3O3/c1-5-2-7(12)8(13)3-6(5)11(17)9(15)4-10(14)16/h2-3,9,11,15,17H,4,12-13H2,1H3,(H2,14,16). The molecule has 0 aromatic heterocycles. The second kappa shape index (κ2) is 5.03. The molecule has 8 N–H and O–H groups in total. The van der Waals surface area contributed by atoms with E-state index in [2.05, 4.69) is 0 Å². The van der Waals surface area contributed by atoms with Crippen molar-refractivity contribution < 1.29 is 15.0 Å². The summed E-state index contributed by atoms with van der Waals surface area (Å²) < 4.78 is 0. The van der Waals surface area contributed by atoms with Crippen molar-refractivity contribution in [2.24, 2.45) is 5.73 Å². The molecule has 0 aliphatic carbocycles. The zero-order valence-corrected chi connectivity index (χ0v) is 9.55. The molecule has 1 rings (SSSR count). The minimum atomic E-state index is -1.26. The summed E-state index contributed by atoms with van der Waals surface area (Å²) in [5.74, 6) is -0.683. The predicted molar refractivity (Wildman–Crippen MR) is 64.8 cm³/mol. The molecule has 17 heavy (non-hydrogen) atoms. The van der Waals surface area contributed by atoms with Gasteiger partial charge in [-0.2, -0.15) is 0 Å². The van der Waals surface area contributed by atoms with Gasteiger partial charge in [0.1, 0.15) is 6.10 Å². The Labute approximate surface area is 99.0 Å². The molecule has 6 heteroatoms. The number of aliphatic hydroxyl groups is 2. The summed E-state index contributed by atoms with van der Waals surface area (Å²) in [5, 5.41) is 19.5. The summed E-state index contributed by atoms with van der Waals surface area (Å²) in [7, 11) is 0. The third-order valence-electron chi connectivity index (χ3n) is 2.57. The van der Waals surface area contributed by atoms with Crippen molar-refractivity contribution in [3.63, 3.8) is 0 Å². The molecule has 0 heterocycles. The van der Waals surface area contributed by atoms with Crippen LogP contribution in [0.2, 0.25) is 0 Å². The molecule has 1 amide bonds. The average molecular weight is 239 g/mol. The number of hydrogen-bond acceptors (Lipinski definition) is 5. The van der Waals surface area contributed by atoms with Crippen LogP contribution in [-0.2, 0) is 4.79 Å². The number of nitrogen functional groups attached to an aromatic ring is 2. The summed E-state index contributed by atoms with van der Waals surface area (Å²) in [4.78, 5) is 10.7. The molecule has 0 aliphatic heterocycles. The van der Waals surface area contributed by atoms with Gasteiger partial charge in [-0.05, 0) is 30.2 Å². The van der Waals surface area contributed by atoms with E-state index in [1.807, 2.05) is 0 Å². The molecule has 0 fully saturated rings. The Morgan fingerprint density at radius 1 is 1.29 bits per heavy atom. The van der Waals surface area contributed by atoms with Gasteiger partial charge in [-0.3, -0.25) is 4.79 Å². The van der Waals surface area contributed by atoms with E-state index in [1.54, 1.807) is 13.0 Å². The van der Waals surface area contributed by atoms with E-state index < -0.39 is 18.1 Å². The van der Waals surface area contributed by atoms with Gasteiger partial charge in [0.15, 0.2) is 0 Å². The fraction of sp³-hybridized carbons (Fsp3) is 0.364. The minimum absolute atomic E-state index is 0.315. The predicted octanol–water partition coefficient (Wildman–Crippen LogP) is -0.571. The third kappa shape index (κ3) is 3.08. The Kier molecular flexibility index (Phi) is 3.93. The summed E-state index contributed by atoms with van der Waals surface area (Å²) >= 11 is 0. The first-order valence-corrected chi connectivity index (χ1v) is 5.13. The molecule has 6 nitrogen and oxygen atoms in total. The van der Waals surface area contributed by atoms with Gasteiger partial charge in [0.2, 0.25) is 5.91 Å². The average Bonchev–Trinajstić information content (AvgIpc) is 2.21. The van der Waals surface area contributed by atoms with Crippen LogP contribution in [0.5, 0.6) is 0 Å². The first kappa shape index (κ1) is 13.3. The topological polar surface area (TPSA) is 136 Å². The van der Waals surface area contributed by atoms with E-state index in [0.717, 1.165) is 0 Å². The van der Waals surface area contributed by atoms with Gasteiger partial charge in [0.25, 0.3) is 0 Å². The first-order chi connectivity index (χ1) is 7.82. The third-order valence-corrected chi connectivity index (χ3v) is 2.57. The molecule has 2 atom stereocenters. The second-order valence-electron chi connectivity index (χ2n) is 4.02. The molecule has 94 valence electrons. The lowest BCUT2D eigenvalue weighted by Crippen LogP contribution is -2.26. The Hall–Kier alpha value is -1.79. The summed E-state index contributed by atoms with van der Waals surface area (Å²) in [6.07, 6.45) is -2.79. The van der Waals surface area contributed by atoms with Crippen LogP contribution in [-0.4, -0.2) is 22.2 Å². The van der Waals surface area contributed by atoms with Crippen molar-refractivity contribution in [2.45, 2.75) is 25.6 Å². The van der Waals surface area contributed by atoms with E-state index in [1.165, 1.54) is 6.07 Å². The first-order valence-electron chi connectivity index (χ1n) is 5.13. The highest BCUT2D eigenvalue weighted by molar-refractivity contribution is 5.74. The SMILES string of the molecule is Cc1cc(N)c(N)cc1C(O)C(O)CC(N)=O. The highest BCUT2D eigenvalue weighted by Gasteiger charge is 2.22. The second-order valence-corrected chi connectivity index (χ2v) is 4.02. The lowest BCUT2D eigenvalue weighted by molar-refractivity contribution is -0.121. The normalized spacial score (nSPS) is 14.3. The van der Waals surface area contributed by atoms with Crippen LogP contribution >= 0.6 is 0 Å². The molecule has 0 saturated carbocycles. The van der Waals surface area contributed by atoms with Gasteiger partial charge >= 0.3 is 0 Å². The van der Waals surface area contributed by atoms with Crippen LogP contribution in [0.4, 0.5) is 11.4 Å². The van der Waals surface area contributed by atoms with Crippen molar-refractivity contribution in [1.29, 1.82) is 0 Å². The Bertz CT molecular complexity index is 434. The molecule has 1 aromatic rings. The van der Waals surface area contributed by atoms with Crippen LogP contribution in [0.15, 0.2) is 12.1 Å². The number of carbonyl (C=O) groups is 1. The molecule has 0 bridgehead atoms. The molecule has 0 spiro atoms. The van der Waals surface area contributed by atoms with Gasteiger partial charge in [-0.15, -0.1) is 0 Å². The van der Waals surface area contributed by atoms with Gasteiger partial charge in [-0.1, -0.05) is 0 Å². The van der Waals surface area contributed by atoms with Crippen molar-refractivity contribution in [2.75, 3.05) is 11.5 Å². The van der Waals surface area contributed by atoms with E-state index in [-0.39, 0.29) is 6.42 Å². The Morgan fingerprint density at radius 3 is 2.35 bits per heavy atom. The smallest absolute Gasteiger partial charge is 0.220 e. The number of primary amides is 1. The summed E-state index contributed by atoms with van der Waals surface area (Å²) in [6.45, 7) is 1.73. The maximum atomic E-state index is 10.7. The highest BCUT2D eigenvalue weighted by atomic mass is 16.3. The molecule has 2 unspecified atom stereocenters. The van der Waals surface area contributed by atoms with E-state index in [4.69, 9.17) is 17.2 Å². The van der Waals surface area contributed by atoms with Crippen LogP contribution < -0.4 is 17.2 Å². The largest absolute Gasteiger partial charge is 0.397 e. The number of amides is 1. The van der Waals surface area contributed by atoms with Gasteiger partial charge in [-0.25, -0.2) is 0 Å². The van der Waals surface area contributed by atoms with Crippen molar-refractivity contribution in [1.82, 2.24) is 0 Å². The maximum absolute atomic E-state index is 10.7. The Balaban J connectivity index is 2.99. The number of nitrogens with two attached hydrogens (primary N) is 3. The molecular weight excluding hydrogens is 222 g/mol. The van der Waals surface area contributed by atoms with Gasteiger partial charge in [0.05, 0.1) is 23.9 Å². The number of rotatable bonds is 4. The maximum Gasteiger partial charge on any atom is 0.220 e. The van der Waals surface area contributed by atoms with E-state index in [0.29, 0.717) is 22.5 Å². The molecule has 1 aromatic carbocycles. The quantitative estimate of drug-likeness (QED) is 0.448. The molecular formula is C11H17N3O3. The highest BCUT2D eigenvalue weighted by Crippen LogP contribution is 2.28. The fourth-order valence-electron chi connectivity index (χ4n) is 1.61. The summed E-state index contributed by atoms with van der Waals surface area (Å²) in [6, 6.07) is 3.09. The van der Waals surface area contributed by atoms with Crippen LogP contribution in [0.1, 0.15) is 23.7 Å². The van der Waals surface area contributed by atoms with E-state index >= 15 is 0 Å². The van der Waals surface area contributed by atoms with Crippen LogP contribution in [0.25, 0.3) is 0 Å². The number of anilines is 2. The fourth-order valence-corrected chi connectivity index (χ4v) is 1.61. The number of aliphatic hydroxyl groups excluding tert-OH is 2. The van der Waals surface area contributed by atoms with E-state index in [9.17, 15) is 15.0 Å². The molecule has 0 saturated heterocycles. The van der Waals surface area contributed by atoms with Crippen molar-refractivity contribution >= 4 is 17.3 Å². The molecule has 0 aliphatic rings. The van der Waals surface area contributed by atoms with Crippen molar-refractivity contribution in [3.8, 4) is 0 Å². The van der Waals surface area contributed by atoms with Crippen molar-refractivity contribution in [3.05, 3.63) is 23.3 Å². The molecule has 0 radical (unpaired) electrons. The number of hydrogen-bond donors (Lipinski definition) is 5. The zero-order valence-electron chi connectivity index (χ0n) is 9.55. The monoisotopic (exact) mass is 239 g/mol. The minimum Gasteiger partial charge on any atom is -0.397 e. The van der Waals surface area contributed by atoms with Crippen LogP contribution in [0.3, 0.4) is 0 Å². The summed E-state index contributed by atoms with van der Waals surface area (Å²) in [5.41, 5.74) is 18.0. The number of aryl methyl sites for hydroxylation is 1. The van der Waals surface area contributed by atoms with Gasteiger partial charge < -0.3 is 27.4 Å². The van der Waals surface area contributed by atoms with Crippen LogP contribution in [0, 0.1) is 6.92 Å². The Morgan fingerprint density at radius 2 is 1.82 bits per heavy atom. The lowest BCUT2D eigenvalue weighted by atomic mass is 9.96. The lowest BCUT2D eigenvalue weighted by Gasteiger charge is -2.19. The zero-order chi connectivity index (χ0) is 13.2. The number of carbonyl (C=O) groups excluding carboxylic acids is 1. The number of benzene rings is 1.